The van der Waals surface area contributed by atoms with E-state index in [1.54, 1.807) is 6.08 Å². The molecule has 0 saturated carbocycles. The molecule has 29 heavy (non-hydrogen) atoms. The molecule has 0 aromatic heterocycles. The summed E-state index contributed by atoms with van der Waals surface area (Å²) in [5, 5.41) is 0. The van der Waals surface area contributed by atoms with Gasteiger partial charge in [-0.05, 0) is 16.7 Å². The summed E-state index contributed by atoms with van der Waals surface area (Å²) in [4.78, 5) is 11.8. The monoisotopic (exact) mass is 386 g/mol. The number of benzene rings is 3. The Morgan fingerprint density at radius 3 is 1.62 bits per heavy atom. The van der Waals surface area contributed by atoms with Crippen LogP contribution in [-0.4, -0.2) is 19.7 Å². The van der Waals surface area contributed by atoms with Crippen molar-refractivity contribution in [3.8, 4) is 0 Å². The third-order valence-corrected chi connectivity index (χ3v) is 5.04. The SMILES string of the molecule is C=C[C@@H](COC(c1ccccc1)(c1ccccc1)c1ccccc1)CC(=O)OC. The highest BCUT2D eigenvalue weighted by Gasteiger charge is 2.38. The zero-order chi connectivity index (χ0) is 20.5. The highest BCUT2D eigenvalue weighted by atomic mass is 16.5. The fourth-order valence-electron chi connectivity index (χ4n) is 3.51. The average Bonchev–Trinajstić information content (AvgIpc) is 2.80. The number of carbonyl (C=O) groups is 1. The molecule has 0 spiro atoms. The van der Waals surface area contributed by atoms with E-state index in [-0.39, 0.29) is 18.3 Å². The normalized spacial score (nSPS) is 12.2. The smallest absolute Gasteiger partial charge is 0.306 e. The lowest BCUT2D eigenvalue weighted by atomic mass is 9.80. The number of hydrogen-bond acceptors (Lipinski definition) is 3. The number of ether oxygens (including phenoxy) is 2. The van der Waals surface area contributed by atoms with Gasteiger partial charge in [-0.15, -0.1) is 6.58 Å². The van der Waals surface area contributed by atoms with E-state index in [2.05, 4.69) is 43.0 Å². The zero-order valence-corrected chi connectivity index (χ0v) is 16.7. The molecular weight excluding hydrogens is 360 g/mol. The summed E-state index contributed by atoms with van der Waals surface area (Å²) in [5.74, 6) is -0.429. The lowest BCUT2D eigenvalue weighted by molar-refractivity contribution is -0.142. The van der Waals surface area contributed by atoms with Crippen molar-refractivity contribution in [1.82, 2.24) is 0 Å². The topological polar surface area (TPSA) is 35.5 Å². The first-order valence-corrected chi connectivity index (χ1v) is 9.70. The predicted molar refractivity (Wildman–Crippen MR) is 115 cm³/mol. The summed E-state index contributed by atoms with van der Waals surface area (Å²) >= 11 is 0. The van der Waals surface area contributed by atoms with Gasteiger partial charge in [0.15, 0.2) is 0 Å². The standard InChI is InChI=1S/C26H26O3/c1-3-21(19-25(27)28-2)20-29-26(22-13-7-4-8-14-22,23-15-9-5-10-16-23)24-17-11-6-12-18-24/h3-18,21H,1,19-20H2,2H3/t21-/m1/s1. The van der Waals surface area contributed by atoms with Gasteiger partial charge in [-0.2, -0.15) is 0 Å². The van der Waals surface area contributed by atoms with Crippen molar-refractivity contribution in [3.63, 3.8) is 0 Å². The largest absolute Gasteiger partial charge is 0.469 e. The quantitative estimate of drug-likeness (QED) is 0.282. The van der Waals surface area contributed by atoms with Gasteiger partial charge in [-0.3, -0.25) is 4.79 Å². The van der Waals surface area contributed by atoms with Gasteiger partial charge in [-0.25, -0.2) is 0 Å². The van der Waals surface area contributed by atoms with Crippen molar-refractivity contribution in [2.45, 2.75) is 12.0 Å². The van der Waals surface area contributed by atoms with Crippen LogP contribution in [-0.2, 0) is 19.9 Å². The van der Waals surface area contributed by atoms with E-state index in [1.165, 1.54) is 7.11 Å². The second kappa shape index (κ2) is 9.85. The van der Waals surface area contributed by atoms with Crippen LogP contribution in [0.4, 0.5) is 0 Å². The zero-order valence-electron chi connectivity index (χ0n) is 16.7. The Kier molecular flexibility index (Phi) is 6.99. The van der Waals surface area contributed by atoms with E-state index in [0.717, 1.165) is 16.7 Å². The van der Waals surface area contributed by atoms with Gasteiger partial charge in [0.2, 0.25) is 0 Å². The maximum absolute atomic E-state index is 11.8. The first-order chi connectivity index (χ1) is 14.2. The molecule has 0 saturated heterocycles. The van der Waals surface area contributed by atoms with Crippen LogP contribution in [0.5, 0.6) is 0 Å². The van der Waals surface area contributed by atoms with Crippen LogP contribution in [0, 0.1) is 5.92 Å². The molecule has 0 bridgehead atoms. The van der Waals surface area contributed by atoms with Gasteiger partial charge < -0.3 is 9.47 Å². The Morgan fingerprint density at radius 2 is 1.28 bits per heavy atom. The molecule has 0 unspecified atom stereocenters. The fraction of sp³-hybridized carbons (Fsp3) is 0.192. The van der Waals surface area contributed by atoms with Crippen LogP contribution in [0.25, 0.3) is 0 Å². The summed E-state index contributed by atoms with van der Waals surface area (Å²) in [7, 11) is 1.39. The molecule has 3 heteroatoms. The van der Waals surface area contributed by atoms with E-state index in [4.69, 9.17) is 9.47 Å². The van der Waals surface area contributed by atoms with Crippen molar-refractivity contribution >= 4 is 5.97 Å². The van der Waals surface area contributed by atoms with Crippen molar-refractivity contribution < 1.29 is 14.3 Å². The lowest BCUT2D eigenvalue weighted by Gasteiger charge is -2.36. The van der Waals surface area contributed by atoms with Crippen molar-refractivity contribution in [2.24, 2.45) is 5.92 Å². The van der Waals surface area contributed by atoms with E-state index < -0.39 is 5.60 Å². The van der Waals surface area contributed by atoms with Crippen molar-refractivity contribution in [3.05, 3.63) is 120 Å². The molecule has 3 nitrogen and oxygen atoms in total. The first-order valence-electron chi connectivity index (χ1n) is 9.70. The van der Waals surface area contributed by atoms with Gasteiger partial charge in [0.05, 0.1) is 20.1 Å². The predicted octanol–water partition coefficient (Wildman–Crippen LogP) is 5.36. The van der Waals surface area contributed by atoms with Gasteiger partial charge in [0.25, 0.3) is 0 Å². The first kappa shape index (κ1) is 20.6. The minimum atomic E-state index is -0.804. The van der Waals surface area contributed by atoms with Crippen LogP contribution in [0.1, 0.15) is 23.1 Å². The highest BCUT2D eigenvalue weighted by Crippen LogP contribution is 2.40. The molecule has 3 aromatic carbocycles. The maximum Gasteiger partial charge on any atom is 0.306 e. The van der Waals surface area contributed by atoms with Gasteiger partial charge in [0, 0.05) is 5.92 Å². The molecule has 3 aromatic rings. The highest BCUT2D eigenvalue weighted by molar-refractivity contribution is 5.69. The third-order valence-electron chi connectivity index (χ3n) is 5.04. The molecule has 1 atom stereocenters. The summed E-state index contributed by atoms with van der Waals surface area (Å²) < 4.78 is 11.5. The van der Waals surface area contributed by atoms with Crippen LogP contribution in [0.2, 0.25) is 0 Å². The number of hydrogen-bond donors (Lipinski definition) is 0. The minimum absolute atomic E-state index is 0.155. The summed E-state index contributed by atoms with van der Waals surface area (Å²) in [6, 6.07) is 30.5. The fourth-order valence-corrected chi connectivity index (χ4v) is 3.51. The van der Waals surface area contributed by atoms with Crippen molar-refractivity contribution in [2.75, 3.05) is 13.7 Å². The summed E-state index contributed by atoms with van der Waals surface area (Å²) in [6.45, 7) is 4.21. The van der Waals surface area contributed by atoms with E-state index in [9.17, 15) is 4.79 Å². The summed E-state index contributed by atoms with van der Waals surface area (Å²) in [6.07, 6.45) is 1.98. The third kappa shape index (κ3) is 4.64. The average molecular weight is 386 g/mol. The number of esters is 1. The van der Waals surface area contributed by atoms with Crippen LogP contribution in [0.3, 0.4) is 0 Å². The van der Waals surface area contributed by atoms with Crippen LogP contribution in [0.15, 0.2) is 104 Å². The Labute approximate surface area is 172 Å². The molecular formula is C26H26O3. The molecule has 0 aliphatic rings. The molecule has 3 rings (SSSR count). The lowest BCUT2D eigenvalue weighted by Crippen LogP contribution is -2.34. The van der Waals surface area contributed by atoms with Gasteiger partial charge >= 0.3 is 5.97 Å². The summed E-state index contributed by atoms with van der Waals surface area (Å²) in [5.41, 5.74) is 2.27. The molecule has 0 amide bonds. The van der Waals surface area contributed by atoms with Gasteiger partial charge in [0.1, 0.15) is 5.60 Å². The Morgan fingerprint density at radius 1 is 0.862 bits per heavy atom. The van der Waals surface area contributed by atoms with E-state index >= 15 is 0 Å². The maximum atomic E-state index is 11.8. The Balaban J connectivity index is 2.10. The van der Waals surface area contributed by atoms with E-state index in [0.29, 0.717) is 6.61 Å². The molecule has 0 aliphatic carbocycles. The molecule has 0 radical (unpaired) electrons. The van der Waals surface area contributed by atoms with E-state index in [1.807, 2.05) is 54.6 Å². The molecule has 0 heterocycles. The molecule has 0 aliphatic heterocycles. The second-order valence-electron chi connectivity index (χ2n) is 6.87. The molecule has 148 valence electrons. The van der Waals surface area contributed by atoms with Crippen LogP contribution >= 0.6 is 0 Å². The number of rotatable bonds is 9. The second-order valence-corrected chi connectivity index (χ2v) is 6.87. The minimum Gasteiger partial charge on any atom is -0.469 e. The Bertz CT molecular complexity index is 808. The Hall–Kier alpha value is -3.17. The van der Waals surface area contributed by atoms with Crippen molar-refractivity contribution in [1.29, 1.82) is 0 Å². The molecule has 0 N–H and O–H groups in total. The van der Waals surface area contributed by atoms with Gasteiger partial charge in [-0.1, -0.05) is 97.1 Å². The number of carbonyl (C=O) groups excluding carboxylic acids is 1. The van der Waals surface area contributed by atoms with Crippen LogP contribution < -0.4 is 0 Å². The number of methoxy groups -OCH3 is 1. The molecule has 0 fully saturated rings.